The van der Waals surface area contributed by atoms with Crippen LogP contribution in [0.25, 0.3) is 6.08 Å². The highest BCUT2D eigenvalue weighted by molar-refractivity contribution is 5.98. The molecular weight excluding hydrogens is 370 g/mol. The first-order valence-electron chi connectivity index (χ1n) is 9.55. The predicted octanol–water partition coefficient (Wildman–Crippen LogP) is 3.19. The molecule has 1 aromatic heterocycles. The summed E-state index contributed by atoms with van der Waals surface area (Å²) in [6.45, 7) is 4.08. The summed E-state index contributed by atoms with van der Waals surface area (Å²) in [5, 5.41) is 4.46. The monoisotopic (exact) mass is 395 g/mol. The van der Waals surface area contributed by atoms with Gasteiger partial charge in [-0.15, -0.1) is 0 Å². The van der Waals surface area contributed by atoms with Crippen molar-refractivity contribution in [3.8, 4) is 0 Å². The second kappa shape index (κ2) is 8.77. The molecule has 2 N–H and O–H groups in total. The van der Waals surface area contributed by atoms with Gasteiger partial charge in [-0.05, 0) is 44.4 Å². The number of hydrogen-bond donors (Lipinski definition) is 2. The van der Waals surface area contributed by atoms with E-state index >= 15 is 0 Å². The van der Waals surface area contributed by atoms with Crippen molar-refractivity contribution in [2.45, 2.75) is 38.8 Å². The standard InChI is InChI=1S/C22H25N3O4/c1-14-13-17(15(2)25(14)18-10-11-18)9-12-19(26)29-20(16-7-5-4-6-8-16)21(27)24-22(28)23-3/h4-9,12-13,18,20H,10-11H2,1-3H3,(H2,23,24,27,28)/b12-9+/t20-/m1/s1. The quantitative estimate of drug-likeness (QED) is 0.581. The van der Waals surface area contributed by atoms with Gasteiger partial charge in [-0.1, -0.05) is 30.3 Å². The van der Waals surface area contributed by atoms with Crippen molar-refractivity contribution in [3.05, 3.63) is 65.0 Å². The second-order valence-electron chi connectivity index (χ2n) is 7.06. The lowest BCUT2D eigenvalue weighted by Gasteiger charge is -2.16. The topological polar surface area (TPSA) is 89.4 Å². The fraction of sp³-hybridized carbons (Fsp3) is 0.318. The van der Waals surface area contributed by atoms with Gasteiger partial charge in [-0.2, -0.15) is 0 Å². The second-order valence-corrected chi connectivity index (χ2v) is 7.06. The Morgan fingerprint density at radius 3 is 2.48 bits per heavy atom. The van der Waals surface area contributed by atoms with Gasteiger partial charge in [0.05, 0.1) is 0 Å². The molecule has 1 saturated carbocycles. The molecule has 1 heterocycles. The lowest BCUT2D eigenvalue weighted by molar-refractivity contribution is -0.151. The summed E-state index contributed by atoms with van der Waals surface area (Å²) in [4.78, 5) is 36.3. The molecule has 1 aromatic carbocycles. The Morgan fingerprint density at radius 1 is 1.17 bits per heavy atom. The Kier molecular flexibility index (Phi) is 6.16. The maximum Gasteiger partial charge on any atom is 0.331 e. The van der Waals surface area contributed by atoms with Crippen LogP contribution in [0, 0.1) is 13.8 Å². The van der Waals surface area contributed by atoms with E-state index < -0.39 is 24.0 Å². The third-order valence-corrected chi connectivity index (χ3v) is 4.87. The van der Waals surface area contributed by atoms with Crippen molar-refractivity contribution in [3.63, 3.8) is 0 Å². The largest absolute Gasteiger partial charge is 0.444 e. The number of amides is 3. The zero-order valence-electron chi connectivity index (χ0n) is 16.8. The highest BCUT2D eigenvalue weighted by atomic mass is 16.5. The van der Waals surface area contributed by atoms with E-state index in [2.05, 4.69) is 22.1 Å². The first-order chi connectivity index (χ1) is 13.9. The molecule has 3 rings (SSSR count). The average Bonchev–Trinajstić information content (AvgIpc) is 3.50. The van der Waals surface area contributed by atoms with Gasteiger partial charge in [0.2, 0.25) is 6.10 Å². The predicted molar refractivity (Wildman–Crippen MR) is 109 cm³/mol. The number of hydrogen-bond acceptors (Lipinski definition) is 4. The van der Waals surface area contributed by atoms with Gasteiger partial charge in [0.25, 0.3) is 5.91 Å². The van der Waals surface area contributed by atoms with E-state index in [4.69, 9.17) is 4.74 Å². The van der Waals surface area contributed by atoms with E-state index in [1.54, 1.807) is 36.4 Å². The zero-order chi connectivity index (χ0) is 21.0. The van der Waals surface area contributed by atoms with Crippen LogP contribution >= 0.6 is 0 Å². The highest BCUT2D eigenvalue weighted by Gasteiger charge is 2.27. The maximum atomic E-state index is 12.4. The molecule has 7 heteroatoms. The normalized spacial score (nSPS) is 14.4. The Balaban J connectivity index is 1.74. The van der Waals surface area contributed by atoms with Crippen molar-refractivity contribution < 1.29 is 19.1 Å². The minimum atomic E-state index is -1.23. The molecule has 7 nitrogen and oxygen atoms in total. The van der Waals surface area contributed by atoms with Gasteiger partial charge in [0, 0.05) is 36.1 Å². The van der Waals surface area contributed by atoms with Gasteiger partial charge in [0.15, 0.2) is 0 Å². The maximum absolute atomic E-state index is 12.4. The molecule has 0 saturated heterocycles. The minimum Gasteiger partial charge on any atom is -0.444 e. The van der Waals surface area contributed by atoms with Crippen LogP contribution in [-0.4, -0.2) is 29.5 Å². The number of rotatable bonds is 6. The lowest BCUT2D eigenvalue weighted by atomic mass is 10.1. The van der Waals surface area contributed by atoms with Gasteiger partial charge >= 0.3 is 12.0 Å². The zero-order valence-corrected chi connectivity index (χ0v) is 16.8. The van der Waals surface area contributed by atoms with Crippen LogP contribution < -0.4 is 10.6 Å². The number of imide groups is 1. The van der Waals surface area contributed by atoms with E-state index in [0.717, 1.165) is 17.0 Å². The number of esters is 1. The highest BCUT2D eigenvalue weighted by Crippen LogP contribution is 2.38. The van der Waals surface area contributed by atoms with Crippen LogP contribution in [0.5, 0.6) is 0 Å². The number of ether oxygens (including phenoxy) is 1. The van der Waals surface area contributed by atoms with E-state index in [0.29, 0.717) is 11.6 Å². The number of aryl methyl sites for hydroxylation is 1. The number of benzene rings is 1. The fourth-order valence-corrected chi connectivity index (χ4v) is 3.32. The first-order valence-corrected chi connectivity index (χ1v) is 9.55. The summed E-state index contributed by atoms with van der Waals surface area (Å²) in [5.41, 5.74) is 3.68. The van der Waals surface area contributed by atoms with Gasteiger partial charge in [-0.3, -0.25) is 10.1 Å². The van der Waals surface area contributed by atoms with Gasteiger partial charge in [0.1, 0.15) is 0 Å². The molecule has 3 amide bonds. The average molecular weight is 395 g/mol. The van der Waals surface area contributed by atoms with Crippen LogP contribution in [0.1, 0.15) is 47.5 Å². The molecule has 2 aromatic rings. The number of aromatic nitrogens is 1. The van der Waals surface area contributed by atoms with E-state index in [-0.39, 0.29) is 0 Å². The molecule has 1 aliphatic carbocycles. The van der Waals surface area contributed by atoms with Crippen LogP contribution in [0.3, 0.4) is 0 Å². The van der Waals surface area contributed by atoms with Crippen LogP contribution in [-0.2, 0) is 14.3 Å². The minimum absolute atomic E-state index is 0.475. The molecular formula is C22H25N3O4. The lowest BCUT2D eigenvalue weighted by Crippen LogP contribution is -2.41. The molecule has 0 spiro atoms. The summed E-state index contributed by atoms with van der Waals surface area (Å²) in [6, 6.07) is 10.5. The Bertz CT molecular complexity index is 942. The molecule has 0 radical (unpaired) electrons. The van der Waals surface area contributed by atoms with E-state index in [1.165, 1.54) is 26.0 Å². The molecule has 0 aliphatic heterocycles. The molecule has 0 bridgehead atoms. The smallest absolute Gasteiger partial charge is 0.331 e. The SMILES string of the molecule is CNC(=O)NC(=O)[C@H](OC(=O)/C=C/c1cc(C)n(C2CC2)c1C)c1ccccc1. The van der Waals surface area contributed by atoms with Gasteiger partial charge < -0.3 is 14.6 Å². The molecule has 152 valence electrons. The Hall–Kier alpha value is -3.35. The van der Waals surface area contributed by atoms with Crippen molar-refractivity contribution in [1.29, 1.82) is 0 Å². The first kappa shape index (κ1) is 20.4. The third kappa shape index (κ3) is 4.93. The van der Waals surface area contributed by atoms with Crippen molar-refractivity contribution in [2.24, 2.45) is 0 Å². The van der Waals surface area contributed by atoms with E-state index in [9.17, 15) is 14.4 Å². The number of carbonyl (C=O) groups excluding carboxylic acids is 3. The summed E-state index contributed by atoms with van der Waals surface area (Å²) in [7, 11) is 1.40. The summed E-state index contributed by atoms with van der Waals surface area (Å²) >= 11 is 0. The van der Waals surface area contributed by atoms with Crippen molar-refractivity contribution in [2.75, 3.05) is 7.05 Å². The van der Waals surface area contributed by atoms with Gasteiger partial charge in [-0.25, -0.2) is 9.59 Å². The summed E-state index contributed by atoms with van der Waals surface area (Å²) in [5.74, 6) is -1.38. The number of nitrogens with one attached hydrogen (secondary N) is 2. The molecule has 1 aliphatic rings. The Morgan fingerprint density at radius 2 is 1.86 bits per heavy atom. The Labute approximate surface area is 169 Å². The van der Waals surface area contributed by atoms with Crippen LogP contribution in [0.2, 0.25) is 0 Å². The van der Waals surface area contributed by atoms with E-state index in [1.807, 2.05) is 13.0 Å². The number of carbonyl (C=O) groups is 3. The number of nitrogens with zero attached hydrogens (tertiary/aromatic N) is 1. The third-order valence-electron chi connectivity index (χ3n) is 4.87. The number of urea groups is 1. The van der Waals surface area contributed by atoms with Crippen LogP contribution in [0.4, 0.5) is 4.79 Å². The summed E-state index contributed by atoms with van der Waals surface area (Å²) in [6.07, 6.45) is 4.14. The molecule has 1 atom stereocenters. The fourth-order valence-electron chi connectivity index (χ4n) is 3.32. The van der Waals surface area contributed by atoms with Crippen molar-refractivity contribution >= 4 is 24.0 Å². The van der Waals surface area contributed by atoms with Crippen LogP contribution in [0.15, 0.2) is 42.5 Å². The molecule has 1 fully saturated rings. The molecule has 0 unspecified atom stereocenters. The van der Waals surface area contributed by atoms with Crippen molar-refractivity contribution in [1.82, 2.24) is 15.2 Å². The molecule has 29 heavy (non-hydrogen) atoms. The summed E-state index contributed by atoms with van der Waals surface area (Å²) < 4.78 is 7.66.